The Hall–Kier alpha value is -1.97. The predicted molar refractivity (Wildman–Crippen MR) is 102 cm³/mol. The van der Waals surface area contributed by atoms with Crippen molar-refractivity contribution in [1.82, 2.24) is 25.3 Å². The molecule has 144 valence electrons. The van der Waals surface area contributed by atoms with Gasteiger partial charge in [0.15, 0.2) is 22.1 Å². The van der Waals surface area contributed by atoms with Gasteiger partial charge in [0.05, 0.1) is 13.2 Å². The molecule has 0 saturated carbocycles. The van der Waals surface area contributed by atoms with Gasteiger partial charge in [-0.2, -0.15) is 15.0 Å². The summed E-state index contributed by atoms with van der Waals surface area (Å²) in [6.07, 6.45) is 1.93. The molecule has 2 aromatic heterocycles. The van der Waals surface area contributed by atoms with Gasteiger partial charge in [-0.1, -0.05) is 11.6 Å². The average molecular weight is 392 g/mol. The van der Waals surface area contributed by atoms with Crippen LogP contribution < -0.4 is 19.9 Å². The van der Waals surface area contributed by atoms with Crippen LogP contribution in [0.15, 0.2) is 0 Å². The summed E-state index contributed by atoms with van der Waals surface area (Å²) in [5, 5.41) is 3.60. The molecule has 10 heteroatoms. The number of hydrogen-bond acceptors (Lipinski definition) is 9. The standard InChI is InChI=1S/C17H22ClN7O2/c18-13-16(27-11-2-9-26-10-11)21-14-12(20-13)15(24-5-1-6-24)23-17(22-14)25-7-3-19-4-8-25/h11,19H,1-10H2. The monoisotopic (exact) mass is 391 g/mol. The van der Waals surface area contributed by atoms with E-state index < -0.39 is 0 Å². The second-order valence-corrected chi connectivity index (χ2v) is 7.38. The van der Waals surface area contributed by atoms with E-state index in [1.54, 1.807) is 0 Å². The lowest BCUT2D eigenvalue weighted by Crippen LogP contribution is -2.44. The largest absolute Gasteiger partial charge is 0.470 e. The Morgan fingerprint density at radius 3 is 2.59 bits per heavy atom. The molecule has 2 aromatic rings. The van der Waals surface area contributed by atoms with Crippen LogP contribution in [-0.2, 0) is 4.74 Å². The molecule has 0 radical (unpaired) electrons. The fourth-order valence-corrected chi connectivity index (χ4v) is 3.65. The van der Waals surface area contributed by atoms with Crippen molar-refractivity contribution in [2.24, 2.45) is 0 Å². The fraction of sp³-hybridized carbons (Fsp3) is 0.647. The van der Waals surface area contributed by atoms with Crippen LogP contribution in [0.5, 0.6) is 5.88 Å². The van der Waals surface area contributed by atoms with E-state index in [0.29, 0.717) is 36.2 Å². The van der Waals surface area contributed by atoms with E-state index in [0.717, 1.165) is 57.9 Å². The van der Waals surface area contributed by atoms with Crippen LogP contribution in [0.25, 0.3) is 11.2 Å². The Balaban J connectivity index is 1.56. The first-order valence-electron chi connectivity index (χ1n) is 9.48. The Morgan fingerprint density at radius 2 is 1.89 bits per heavy atom. The van der Waals surface area contributed by atoms with Crippen LogP contribution in [0.4, 0.5) is 11.8 Å². The Bertz CT molecular complexity index is 836. The van der Waals surface area contributed by atoms with Crippen molar-refractivity contribution in [3.63, 3.8) is 0 Å². The zero-order valence-corrected chi connectivity index (χ0v) is 15.8. The normalized spacial score (nSPS) is 22.9. The summed E-state index contributed by atoms with van der Waals surface area (Å²) in [7, 11) is 0. The molecule has 3 fully saturated rings. The molecule has 0 aromatic carbocycles. The number of rotatable bonds is 4. The van der Waals surface area contributed by atoms with Gasteiger partial charge >= 0.3 is 0 Å². The van der Waals surface area contributed by atoms with Gasteiger partial charge in [-0.05, 0) is 6.42 Å². The molecule has 3 aliphatic rings. The second-order valence-electron chi connectivity index (χ2n) is 7.02. The highest BCUT2D eigenvalue weighted by atomic mass is 35.5. The summed E-state index contributed by atoms with van der Waals surface area (Å²) < 4.78 is 11.3. The highest BCUT2D eigenvalue weighted by Gasteiger charge is 2.26. The van der Waals surface area contributed by atoms with Gasteiger partial charge in [0.1, 0.15) is 6.10 Å². The van der Waals surface area contributed by atoms with E-state index in [1.165, 1.54) is 0 Å². The summed E-state index contributed by atoms with van der Waals surface area (Å²) in [6.45, 7) is 6.74. The Labute approximate surface area is 162 Å². The van der Waals surface area contributed by atoms with E-state index in [9.17, 15) is 0 Å². The molecule has 5 rings (SSSR count). The van der Waals surface area contributed by atoms with Crippen LogP contribution in [0, 0.1) is 0 Å². The van der Waals surface area contributed by atoms with Gasteiger partial charge in [-0.25, -0.2) is 4.98 Å². The lowest BCUT2D eigenvalue weighted by molar-refractivity contribution is 0.138. The van der Waals surface area contributed by atoms with E-state index in [1.807, 2.05) is 0 Å². The van der Waals surface area contributed by atoms with Gasteiger partial charge in [-0.15, -0.1) is 0 Å². The van der Waals surface area contributed by atoms with Gasteiger partial charge in [0.2, 0.25) is 5.95 Å². The minimum Gasteiger partial charge on any atom is -0.470 e. The lowest BCUT2D eigenvalue weighted by atomic mass is 10.2. The number of nitrogens with one attached hydrogen (secondary N) is 1. The number of halogens is 1. The third kappa shape index (κ3) is 3.35. The highest BCUT2D eigenvalue weighted by molar-refractivity contribution is 6.31. The minimum absolute atomic E-state index is 0.0430. The summed E-state index contributed by atoms with van der Waals surface area (Å²) in [5.41, 5.74) is 1.16. The number of aromatic nitrogens is 4. The zero-order chi connectivity index (χ0) is 18.2. The number of ether oxygens (including phenoxy) is 2. The summed E-state index contributed by atoms with van der Waals surface area (Å²) in [5.74, 6) is 1.82. The van der Waals surface area contributed by atoms with Gasteiger partial charge in [-0.3, -0.25) is 0 Å². The maximum absolute atomic E-state index is 6.38. The van der Waals surface area contributed by atoms with E-state index in [-0.39, 0.29) is 11.3 Å². The molecule has 1 atom stereocenters. The van der Waals surface area contributed by atoms with Crippen molar-refractivity contribution in [2.45, 2.75) is 18.9 Å². The highest BCUT2D eigenvalue weighted by Crippen LogP contribution is 2.32. The van der Waals surface area contributed by atoms with Crippen LogP contribution in [0.2, 0.25) is 5.15 Å². The van der Waals surface area contributed by atoms with E-state index >= 15 is 0 Å². The van der Waals surface area contributed by atoms with E-state index in [4.69, 9.17) is 31.0 Å². The molecule has 0 amide bonds. The molecule has 3 saturated heterocycles. The molecule has 0 aliphatic carbocycles. The van der Waals surface area contributed by atoms with Crippen molar-refractivity contribution in [3.05, 3.63) is 5.15 Å². The fourth-order valence-electron chi connectivity index (χ4n) is 3.48. The predicted octanol–water partition coefficient (Wildman–Crippen LogP) is 0.861. The summed E-state index contributed by atoms with van der Waals surface area (Å²) in [4.78, 5) is 23.0. The topological polar surface area (TPSA) is 88.5 Å². The summed E-state index contributed by atoms with van der Waals surface area (Å²) in [6, 6.07) is 0. The van der Waals surface area contributed by atoms with Crippen molar-refractivity contribution in [1.29, 1.82) is 0 Å². The molecular weight excluding hydrogens is 370 g/mol. The van der Waals surface area contributed by atoms with Crippen molar-refractivity contribution in [2.75, 3.05) is 62.3 Å². The number of nitrogens with zero attached hydrogens (tertiary/aromatic N) is 6. The minimum atomic E-state index is -0.0430. The molecule has 3 aliphatic heterocycles. The number of anilines is 2. The van der Waals surface area contributed by atoms with Crippen LogP contribution in [0.3, 0.4) is 0 Å². The number of fused-ring (bicyclic) bond motifs is 1. The van der Waals surface area contributed by atoms with Crippen LogP contribution in [0.1, 0.15) is 12.8 Å². The molecule has 1 unspecified atom stereocenters. The zero-order valence-electron chi connectivity index (χ0n) is 15.0. The van der Waals surface area contributed by atoms with Crippen molar-refractivity contribution < 1.29 is 9.47 Å². The first-order chi connectivity index (χ1) is 13.3. The molecule has 1 N–H and O–H groups in total. The van der Waals surface area contributed by atoms with Crippen LogP contribution >= 0.6 is 11.6 Å². The quantitative estimate of drug-likeness (QED) is 0.815. The third-order valence-electron chi connectivity index (χ3n) is 5.15. The second kappa shape index (κ2) is 7.21. The molecule has 9 nitrogen and oxygen atoms in total. The van der Waals surface area contributed by atoms with Crippen molar-refractivity contribution in [3.8, 4) is 5.88 Å². The van der Waals surface area contributed by atoms with Gasteiger partial charge in [0.25, 0.3) is 5.88 Å². The van der Waals surface area contributed by atoms with Gasteiger partial charge < -0.3 is 24.6 Å². The maximum Gasteiger partial charge on any atom is 0.254 e. The Kier molecular flexibility index (Phi) is 4.58. The number of hydrogen-bond donors (Lipinski definition) is 1. The molecule has 0 spiro atoms. The third-order valence-corrected chi connectivity index (χ3v) is 5.40. The first kappa shape index (κ1) is 17.2. The molecule has 27 heavy (non-hydrogen) atoms. The average Bonchev–Trinajstić information content (AvgIpc) is 3.15. The maximum atomic E-state index is 6.38. The van der Waals surface area contributed by atoms with Gasteiger partial charge in [0, 0.05) is 45.7 Å². The first-order valence-corrected chi connectivity index (χ1v) is 9.86. The van der Waals surface area contributed by atoms with E-state index in [2.05, 4.69) is 25.1 Å². The molecule has 0 bridgehead atoms. The molecular formula is C17H22ClN7O2. The van der Waals surface area contributed by atoms with Crippen LogP contribution in [-0.4, -0.2) is 78.5 Å². The smallest absolute Gasteiger partial charge is 0.254 e. The Morgan fingerprint density at radius 1 is 1.04 bits per heavy atom. The lowest BCUT2D eigenvalue weighted by Gasteiger charge is -2.34. The molecule has 5 heterocycles. The van der Waals surface area contributed by atoms with Crippen molar-refractivity contribution >= 4 is 34.5 Å². The number of piperazine rings is 1. The SMILES string of the molecule is Clc1nc2c(N3CCC3)nc(N3CCNCC3)nc2nc1OC1CCOC1. The summed E-state index contributed by atoms with van der Waals surface area (Å²) >= 11 is 6.38.